The van der Waals surface area contributed by atoms with Crippen LogP contribution in [-0.2, 0) is 10.0 Å². The van der Waals surface area contributed by atoms with Gasteiger partial charge >= 0.3 is 0 Å². The van der Waals surface area contributed by atoms with Crippen LogP contribution in [0, 0.1) is 5.92 Å². The molecule has 2 N–H and O–H groups in total. The summed E-state index contributed by atoms with van der Waals surface area (Å²) in [5.74, 6) is 0.719. The average molecular weight is 299 g/mol. The number of nitrogens with zero attached hydrogens (tertiary/aromatic N) is 2. The predicted octanol–water partition coefficient (Wildman–Crippen LogP) is 0.905. The molecule has 0 aliphatic carbocycles. The van der Waals surface area contributed by atoms with Crippen molar-refractivity contribution in [2.45, 2.75) is 30.8 Å². The molecule has 1 aromatic heterocycles. The van der Waals surface area contributed by atoms with E-state index in [4.69, 9.17) is 0 Å². The molecule has 1 aromatic rings. The first-order chi connectivity index (χ1) is 9.45. The molecule has 1 fully saturated rings. The van der Waals surface area contributed by atoms with Crippen molar-refractivity contribution in [3.05, 3.63) is 18.3 Å². The maximum Gasteiger partial charge on any atom is 0.243 e. The van der Waals surface area contributed by atoms with E-state index in [1.807, 2.05) is 0 Å². The summed E-state index contributed by atoms with van der Waals surface area (Å²) in [5, 5.41) is 12.4. The van der Waals surface area contributed by atoms with Crippen LogP contribution in [0.2, 0.25) is 0 Å². The highest BCUT2D eigenvalue weighted by atomic mass is 32.2. The van der Waals surface area contributed by atoms with Crippen molar-refractivity contribution < 1.29 is 13.5 Å². The number of pyridine rings is 1. The number of nitrogens with one attached hydrogen (secondary N) is 1. The fourth-order valence-electron chi connectivity index (χ4n) is 2.46. The quantitative estimate of drug-likeness (QED) is 0.863. The number of hydrogen-bond acceptors (Lipinski definition) is 5. The van der Waals surface area contributed by atoms with E-state index < -0.39 is 10.0 Å². The fourth-order valence-corrected chi connectivity index (χ4v) is 3.94. The van der Waals surface area contributed by atoms with Crippen LogP contribution >= 0.6 is 0 Å². The molecular formula is C13H21N3O3S. The van der Waals surface area contributed by atoms with E-state index in [9.17, 15) is 13.5 Å². The molecule has 1 atom stereocenters. The summed E-state index contributed by atoms with van der Waals surface area (Å²) in [7, 11) is -1.77. The van der Waals surface area contributed by atoms with Crippen LogP contribution < -0.4 is 5.32 Å². The Labute approximate surface area is 119 Å². The normalized spacial score (nSPS) is 19.8. The van der Waals surface area contributed by atoms with Crippen LogP contribution in [0.25, 0.3) is 0 Å². The van der Waals surface area contributed by atoms with Gasteiger partial charge in [-0.25, -0.2) is 13.4 Å². The average Bonchev–Trinajstić information content (AvgIpc) is 2.47. The van der Waals surface area contributed by atoms with Gasteiger partial charge in [-0.2, -0.15) is 4.31 Å². The largest absolute Gasteiger partial charge is 0.393 e. The van der Waals surface area contributed by atoms with Gasteiger partial charge in [-0.05, 0) is 31.7 Å². The van der Waals surface area contributed by atoms with Crippen molar-refractivity contribution in [2.75, 3.05) is 25.5 Å². The van der Waals surface area contributed by atoms with Crippen molar-refractivity contribution in [3.63, 3.8) is 0 Å². The Balaban J connectivity index is 2.15. The van der Waals surface area contributed by atoms with Crippen molar-refractivity contribution in [1.29, 1.82) is 0 Å². The molecule has 6 nitrogen and oxygen atoms in total. The lowest BCUT2D eigenvalue weighted by Gasteiger charge is -2.32. The summed E-state index contributed by atoms with van der Waals surface area (Å²) in [4.78, 5) is 4.28. The number of anilines is 1. The highest BCUT2D eigenvalue weighted by molar-refractivity contribution is 7.89. The number of sulfonamides is 1. The topological polar surface area (TPSA) is 82.5 Å². The van der Waals surface area contributed by atoms with E-state index >= 15 is 0 Å². The molecule has 0 spiro atoms. The molecule has 1 saturated heterocycles. The summed E-state index contributed by atoms with van der Waals surface area (Å²) in [6.07, 6.45) is 2.50. The highest BCUT2D eigenvalue weighted by Crippen LogP contribution is 2.26. The second-order valence-electron chi connectivity index (χ2n) is 5.11. The smallest absolute Gasteiger partial charge is 0.243 e. The van der Waals surface area contributed by atoms with Crippen LogP contribution in [-0.4, -0.2) is 49.1 Å². The van der Waals surface area contributed by atoms with Gasteiger partial charge in [0.1, 0.15) is 5.82 Å². The zero-order valence-corrected chi connectivity index (χ0v) is 12.6. The SMILES string of the molecule is CNc1cc(S(=O)(=O)N2CCC(C(C)O)CC2)ccn1. The van der Waals surface area contributed by atoms with Crippen molar-refractivity contribution in [3.8, 4) is 0 Å². The number of aromatic nitrogens is 1. The highest BCUT2D eigenvalue weighted by Gasteiger charge is 2.31. The van der Waals surface area contributed by atoms with E-state index in [0.717, 1.165) is 0 Å². The molecule has 1 aliphatic rings. The number of aliphatic hydroxyl groups excluding tert-OH is 1. The molecule has 0 amide bonds. The molecular weight excluding hydrogens is 278 g/mol. The minimum atomic E-state index is -3.47. The summed E-state index contributed by atoms with van der Waals surface area (Å²) in [6, 6.07) is 3.05. The molecule has 112 valence electrons. The Bertz CT molecular complexity index is 552. The van der Waals surface area contributed by atoms with Crippen LogP contribution in [0.4, 0.5) is 5.82 Å². The van der Waals surface area contributed by atoms with Crippen LogP contribution in [0.3, 0.4) is 0 Å². The maximum atomic E-state index is 12.5. The third-order valence-corrected chi connectivity index (χ3v) is 5.70. The maximum absolute atomic E-state index is 12.5. The van der Waals surface area contributed by atoms with Crippen LogP contribution in [0.15, 0.2) is 23.2 Å². The zero-order valence-electron chi connectivity index (χ0n) is 11.8. The molecule has 2 heterocycles. The van der Waals surface area contributed by atoms with Crippen molar-refractivity contribution in [1.82, 2.24) is 9.29 Å². The van der Waals surface area contributed by atoms with Crippen molar-refractivity contribution in [2.24, 2.45) is 5.92 Å². The van der Waals surface area contributed by atoms with E-state index in [1.165, 1.54) is 22.6 Å². The summed E-state index contributed by atoms with van der Waals surface area (Å²) < 4.78 is 26.6. The Morgan fingerprint density at radius 1 is 1.45 bits per heavy atom. The number of rotatable bonds is 4. The predicted molar refractivity (Wildman–Crippen MR) is 76.9 cm³/mol. The minimum Gasteiger partial charge on any atom is -0.393 e. The van der Waals surface area contributed by atoms with Gasteiger partial charge in [0.05, 0.1) is 11.0 Å². The molecule has 0 aromatic carbocycles. The van der Waals surface area contributed by atoms with Gasteiger partial charge < -0.3 is 10.4 Å². The molecule has 0 saturated carbocycles. The third kappa shape index (κ3) is 3.11. The van der Waals surface area contributed by atoms with Gasteiger partial charge in [0.25, 0.3) is 0 Å². The molecule has 20 heavy (non-hydrogen) atoms. The molecule has 1 unspecified atom stereocenters. The van der Waals surface area contributed by atoms with Gasteiger partial charge in [0.15, 0.2) is 0 Å². The third-order valence-electron chi connectivity index (χ3n) is 3.81. The lowest BCUT2D eigenvalue weighted by molar-refractivity contribution is 0.0912. The molecule has 7 heteroatoms. The Kier molecular flexibility index (Phi) is 4.62. The van der Waals surface area contributed by atoms with Gasteiger partial charge in [-0.3, -0.25) is 0 Å². The van der Waals surface area contributed by atoms with Gasteiger partial charge in [0.2, 0.25) is 10.0 Å². The first-order valence-electron chi connectivity index (χ1n) is 6.77. The molecule has 2 rings (SSSR count). The first-order valence-corrected chi connectivity index (χ1v) is 8.21. The summed E-state index contributed by atoms with van der Waals surface area (Å²) in [6.45, 7) is 2.67. The molecule has 0 radical (unpaired) electrons. The van der Waals surface area contributed by atoms with E-state index in [2.05, 4.69) is 10.3 Å². The van der Waals surface area contributed by atoms with E-state index in [1.54, 1.807) is 14.0 Å². The standard InChI is InChI=1S/C13H21N3O3S/c1-10(17)11-4-7-16(8-5-11)20(18,19)12-3-6-15-13(9-12)14-2/h3,6,9-11,17H,4-5,7-8H2,1-2H3,(H,14,15). The molecule has 1 aliphatic heterocycles. The Hall–Kier alpha value is -1.18. The Morgan fingerprint density at radius 3 is 2.65 bits per heavy atom. The fraction of sp³-hybridized carbons (Fsp3) is 0.615. The van der Waals surface area contributed by atoms with Crippen LogP contribution in [0.5, 0.6) is 0 Å². The van der Waals surface area contributed by atoms with Gasteiger partial charge in [-0.15, -0.1) is 0 Å². The number of hydrogen-bond donors (Lipinski definition) is 2. The molecule has 0 bridgehead atoms. The zero-order chi connectivity index (χ0) is 14.8. The Morgan fingerprint density at radius 2 is 2.10 bits per heavy atom. The second kappa shape index (κ2) is 6.07. The minimum absolute atomic E-state index is 0.187. The van der Waals surface area contributed by atoms with Crippen LogP contribution in [0.1, 0.15) is 19.8 Å². The van der Waals surface area contributed by atoms with Gasteiger partial charge in [-0.1, -0.05) is 0 Å². The van der Waals surface area contributed by atoms with Crippen molar-refractivity contribution >= 4 is 15.8 Å². The lowest BCUT2D eigenvalue weighted by atomic mass is 9.93. The first kappa shape index (κ1) is 15.2. The monoisotopic (exact) mass is 299 g/mol. The number of piperidine rings is 1. The summed E-state index contributed by atoms with van der Waals surface area (Å²) >= 11 is 0. The lowest BCUT2D eigenvalue weighted by Crippen LogP contribution is -2.40. The van der Waals surface area contributed by atoms with E-state index in [-0.39, 0.29) is 16.9 Å². The van der Waals surface area contributed by atoms with E-state index in [0.29, 0.717) is 31.7 Å². The van der Waals surface area contributed by atoms with Gasteiger partial charge in [0, 0.05) is 32.4 Å². The summed E-state index contributed by atoms with van der Waals surface area (Å²) in [5.41, 5.74) is 0. The number of aliphatic hydroxyl groups is 1. The second-order valence-corrected chi connectivity index (χ2v) is 7.05.